The number of hydrogen-bond acceptors (Lipinski definition) is 9. The van der Waals surface area contributed by atoms with Crippen molar-refractivity contribution in [2.24, 2.45) is 11.7 Å². The van der Waals surface area contributed by atoms with E-state index < -0.39 is 42.1 Å². The van der Waals surface area contributed by atoms with E-state index in [9.17, 15) is 19.8 Å². The Morgan fingerprint density at radius 1 is 1.43 bits per heavy atom. The Kier molecular flexibility index (Phi) is 7.12. The average Bonchev–Trinajstić information content (AvgIpc) is 3.21. The number of ether oxygens (including phenoxy) is 2. The molecule has 12 heteroatoms. The quantitative estimate of drug-likeness (QED) is 0.434. The first-order valence-electron chi connectivity index (χ1n) is 8.69. The van der Waals surface area contributed by atoms with Crippen molar-refractivity contribution in [3.05, 3.63) is 23.0 Å². The second-order valence-electron chi connectivity index (χ2n) is 6.64. The van der Waals surface area contributed by atoms with E-state index in [1.54, 1.807) is 0 Å². The van der Waals surface area contributed by atoms with Crippen LogP contribution in [-0.2, 0) is 14.3 Å². The molecule has 6 atom stereocenters. The standard InChI is InChI=1S/C16H23N5O6.ClH/c1-3-7(2)9(17)16(25)26-4-8-11(22)12(23)15(27-8)21-6-20-10-13(21)18-5-19-14(10)24;/h5-9,11-12,15,22-23H,3-4,17H2,1-2H3,(H,18,19,24);1H/t7-,8+,9-,11+,12+,15+;/m0./s1. The number of aromatic nitrogens is 4. The predicted molar refractivity (Wildman–Crippen MR) is 99.7 cm³/mol. The number of aliphatic hydroxyl groups excluding tert-OH is 2. The number of halogens is 1. The van der Waals surface area contributed by atoms with Crippen LogP contribution in [0.2, 0.25) is 0 Å². The van der Waals surface area contributed by atoms with Crippen molar-refractivity contribution in [3.8, 4) is 0 Å². The molecule has 156 valence electrons. The zero-order valence-corrected chi connectivity index (χ0v) is 16.2. The van der Waals surface area contributed by atoms with Gasteiger partial charge in [-0.25, -0.2) is 9.97 Å². The molecule has 0 aliphatic carbocycles. The van der Waals surface area contributed by atoms with Gasteiger partial charge in [0, 0.05) is 0 Å². The normalized spacial score (nSPS) is 26.6. The van der Waals surface area contributed by atoms with Crippen molar-refractivity contribution >= 4 is 29.5 Å². The number of nitrogens with two attached hydrogens (primary N) is 1. The van der Waals surface area contributed by atoms with E-state index in [1.165, 1.54) is 17.2 Å². The van der Waals surface area contributed by atoms with Crippen LogP contribution in [0.3, 0.4) is 0 Å². The molecule has 1 fully saturated rings. The number of esters is 1. The van der Waals surface area contributed by atoms with Crippen molar-refractivity contribution in [1.29, 1.82) is 0 Å². The van der Waals surface area contributed by atoms with E-state index in [-0.39, 0.29) is 36.1 Å². The van der Waals surface area contributed by atoms with Gasteiger partial charge < -0.3 is 30.4 Å². The molecule has 0 unspecified atom stereocenters. The fourth-order valence-corrected chi connectivity index (χ4v) is 2.89. The van der Waals surface area contributed by atoms with E-state index in [1.807, 2.05) is 13.8 Å². The van der Waals surface area contributed by atoms with Crippen LogP contribution < -0.4 is 11.3 Å². The molecule has 0 bridgehead atoms. The maximum Gasteiger partial charge on any atom is 0.323 e. The van der Waals surface area contributed by atoms with E-state index in [2.05, 4.69) is 15.0 Å². The third-order valence-corrected chi connectivity index (χ3v) is 4.90. The zero-order chi connectivity index (χ0) is 19.7. The third-order valence-electron chi connectivity index (χ3n) is 4.90. The van der Waals surface area contributed by atoms with Crippen LogP contribution in [0.4, 0.5) is 0 Å². The number of hydrogen-bond donors (Lipinski definition) is 4. The summed E-state index contributed by atoms with van der Waals surface area (Å²) in [5.41, 5.74) is 5.67. The summed E-state index contributed by atoms with van der Waals surface area (Å²) in [5, 5.41) is 20.6. The summed E-state index contributed by atoms with van der Waals surface area (Å²) in [7, 11) is 0. The summed E-state index contributed by atoms with van der Waals surface area (Å²) < 4.78 is 12.1. The lowest BCUT2D eigenvalue weighted by Crippen LogP contribution is -2.40. The summed E-state index contributed by atoms with van der Waals surface area (Å²) in [4.78, 5) is 34.1. The highest BCUT2D eigenvalue weighted by molar-refractivity contribution is 5.85. The predicted octanol–water partition coefficient (Wildman–Crippen LogP) is -0.923. The molecule has 5 N–H and O–H groups in total. The number of carbonyl (C=O) groups is 1. The molecule has 0 radical (unpaired) electrons. The van der Waals surface area contributed by atoms with Gasteiger partial charge in [0.15, 0.2) is 17.4 Å². The summed E-state index contributed by atoms with van der Waals surface area (Å²) in [6, 6.07) is -0.775. The Balaban J connectivity index is 0.00000280. The highest BCUT2D eigenvalue weighted by atomic mass is 35.5. The SMILES string of the molecule is CC[C@H](C)[C@H](N)C(=O)OC[C@H]1O[C@@H](n2cnc3c(=O)[nH]cnc32)[C@H](O)[C@@H]1O.Cl. The second-order valence-corrected chi connectivity index (χ2v) is 6.64. The summed E-state index contributed by atoms with van der Waals surface area (Å²) in [6.07, 6.45) is -1.41. The number of H-pyrrole nitrogens is 1. The van der Waals surface area contributed by atoms with Gasteiger partial charge in [0.25, 0.3) is 5.56 Å². The Morgan fingerprint density at radius 3 is 2.82 bits per heavy atom. The number of imidazole rings is 1. The van der Waals surface area contributed by atoms with Crippen LogP contribution in [-0.4, -0.2) is 66.7 Å². The maximum atomic E-state index is 12.0. The molecule has 0 aromatic carbocycles. The minimum Gasteiger partial charge on any atom is -0.462 e. The van der Waals surface area contributed by atoms with Gasteiger partial charge in [0.2, 0.25) is 0 Å². The first-order chi connectivity index (χ1) is 12.8. The van der Waals surface area contributed by atoms with Crippen molar-refractivity contribution < 1.29 is 24.5 Å². The van der Waals surface area contributed by atoms with Crippen LogP contribution in [0.15, 0.2) is 17.4 Å². The van der Waals surface area contributed by atoms with Gasteiger partial charge in [0.1, 0.15) is 31.0 Å². The minimum absolute atomic E-state index is 0. The lowest BCUT2D eigenvalue weighted by molar-refractivity contribution is -0.152. The minimum atomic E-state index is -1.32. The third kappa shape index (κ3) is 4.03. The van der Waals surface area contributed by atoms with Gasteiger partial charge in [0.05, 0.1) is 12.7 Å². The van der Waals surface area contributed by atoms with E-state index in [4.69, 9.17) is 15.2 Å². The summed E-state index contributed by atoms with van der Waals surface area (Å²) >= 11 is 0. The number of carbonyl (C=O) groups excluding carboxylic acids is 1. The number of fused-ring (bicyclic) bond motifs is 1. The van der Waals surface area contributed by atoms with Crippen molar-refractivity contribution in [2.45, 2.75) is 50.8 Å². The smallest absolute Gasteiger partial charge is 0.323 e. The van der Waals surface area contributed by atoms with Gasteiger partial charge in [-0.3, -0.25) is 14.2 Å². The molecule has 0 amide bonds. The first-order valence-corrected chi connectivity index (χ1v) is 8.69. The van der Waals surface area contributed by atoms with Crippen LogP contribution in [0.25, 0.3) is 11.2 Å². The number of nitrogens with one attached hydrogen (secondary N) is 1. The Morgan fingerprint density at radius 2 is 2.14 bits per heavy atom. The average molecular weight is 418 g/mol. The molecular weight excluding hydrogens is 394 g/mol. The molecule has 0 spiro atoms. The van der Waals surface area contributed by atoms with Gasteiger partial charge in [-0.2, -0.15) is 0 Å². The molecule has 11 nitrogen and oxygen atoms in total. The number of rotatable bonds is 6. The zero-order valence-electron chi connectivity index (χ0n) is 15.4. The lowest BCUT2D eigenvalue weighted by Gasteiger charge is -2.19. The number of nitrogens with zero attached hydrogens (tertiary/aromatic N) is 3. The topological polar surface area (TPSA) is 166 Å². The molecule has 0 saturated carbocycles. The molecule has 2 aromatic heterocycles. The maximum absolute atomic E-state index is 12.0. The highest BCUT2D eigenvalue weighted by Gasteiger charge is 2.45. The van der Waals surface area contributed by atoms with Crippen LogP contribution >= 0.6 is 12.4 Å². The van der Waals surface area contributed by atoms with Crippen molar-refractivity contribution in [3.63, 3.8) is 0 Å². The van der Waals surface area contributed by atoms with Crippen LogP contribution in [0.5, 0.6) is 0 Å². The highest BCUT2D eigenvalue weighted by Crippen LogP contribution is 2.31. The molecular formula is C16H24ClN5O6. The van der Waals surface area contributed by atoms with Crippen molar-refractivity contribution in [2.75, 3.05) is 6.61 Å². The fourth-order valence-electron chi connectivity index (χ4n) is 2.89. The summed E-state index contributed by atoms with van der Waals surface area (Å²) in [5.74, 6) is -0.647. The van der Waals surface area contributed by atoms with E-state index in [0.29, 0.717) is 0 Å². The van der Waals surface area contributed by atoms with Gasteiger partial charge in [-0.1, -0.05) is 20.3 Å². The second kappa shape index (κ2) is 8.97. The molecule has 1 aliphatic rings. The molecule has 1 aliphatic heterocycles. The largest absolute Gasteiger partial charge is 0.462 e. The lowest BCUT2D eigenvalue weighted by atomic mass is 10.0. The Bertz CT molecular complexity index is 873. The molecule has 3 rings (SSSR count). The molecule has 3 heterocycles. The first kappa shape index (κ1) is 22.2. The van der Waals surface area contributed by atoms with Crippen LogP contribution in [0.1, 0.15) is 26.5 Å². The Hall–Kier alpha value is -2.05. The molecule has 1 saturated heterocycles. The Labute approximate surface area is 166 Å². The summed E-state index contributed by atoms with van der Waals surface area (Å²) in [6.45, 7) is 3.49. The monoisotopic (exact) mass is 417 g/mol. The fraction of sp³-hybridized carbons (Fsp3) is 0.625. The van der Waals surface area contributed by atoms with E-state index in [0.717, 1.165) is 6.42 Å². The number of aliphatic hydroxyl groups is 2. The van der Waals surface area contributed by atoms with Crippen LogP contribution in [0, 0.1) is 5.92 Å². The van der Waals surface area contributed by atoms with E-state index >= 15 is 0 Å². The van der Waals surface area contributed by atoms with Crippen molar-refractivity contribution in [1.82, 2.24) is 19.5 Å². The molecule has 28 heavy (non-hydrogen) atoms. The molecule has 2 aromatic rings. The van der Waals surface area contributed by atoms with Gasteiger partial charge >= 0.3 is 5.97 Å². The van der Waals surface area contributed by atoms with Gasteiger partial charge in [-0.15, -0.1) is 12.4 Å². The number of aromatic amines is 1. The van der Waals surface area contributed by atoms with Gasteiger partial charge in [-0.05, 0) is 5.92 Å².